The first-order valence-corrected chi connectivity index (χ1v) is 20.8. The van der Waals surface area contributed by atoms with Gasteiger partial charge in [-0.3, -0.25) is 14.4 Å². The van der Waals surface area contributed by atoms with E-state index in [1.807, 2.05) is 80.6 Å². The Labute approximate surface area is 344 Å². The van der Waals surface area contributed by atoms with E-state index in [4.69, 9.17) is 9.57 Å². The third-order valence-electron chi connectivity index (χ3n) is 13.3. The number of nitrogens with zero attached hydrogens (tertiary/aromatic N) is 3. The molecule has 0 aromatic heterocycles. The van der Waals surface area contributed by atoms with Gasteiger partial charge in [0.2, 0.25) is 5.91 Å². The minimum atomic E-state index is -0.921. The zero-order chi connectivity index (χ0) is 41.9. The molecule has 3 aromatic carbocycles. The normalized spacial score (nSPS) is 26.1. The number of hydroxylamine groups is 2. The molecule has 0 spiro atoms. The molecule has 12 nitrogen and oxygen atoms in total. The van der Waals surface area contributed by atoms with Crippen molar-refractivity contribution in [1.29, 1.82) is 0 Å². The van der Waals surface area contributed by atoms with Crippen molar-refractivity contribution in [2.75, 3.05) is 59.5 Å². The van der Waals surface area contributed by atoms with Crippen LogP contribution in [0.25, 0.3) is 11.1 Å². The molecule has 1 aliphatic heterocycles. The number of benzene rings is 3. The van der Waals surface area contributed by atoms with Gasteiger partial charge in [-0.1, -0.05) is 69.3 Å². The molecule has 2 bridgehead atoms. The summed E-state index contributed by atoms with van der Waals surface area (Å²) < 4.78 is 6.12. The SMILES string of the molecule is COc1c(CN2O[C@@H](CO)[C@@H]([C@H](C)O)[C@H]2C(=O)NC2C[C@H]3C[C@@H]([C@@H]2C)C3(C)C)cccc1-c1cc(C(=O)N[C@@H](Cc2ccccc2)CN(C)C)cc(N(C)CCO)c1. The highest BCUT2D eigenvalue weighted by Crippen LogP contribution is 2.61. The van der Waals surface area contributed by atoms with Gasteiger partial charge in [0.05, 0.1) is 33.0 Å². The number of para-hydroxylation sites is 1. The number of carbonyl (C=O) groups excluding carboxylic acids is 2. The van der Waals surface area contributed by atoms with Crippen LogP contribution in [0.1, 0.15) is 62.0 Å². The highest BCUT2D eigenvalue weighted by molar-refractivity contribution is 5.97. The molecular weight excluding hydrogens is 735 g/mol. The number of methoxy groups -OCH3 is 1. The van der Waals surface area contributed by atoms with Crippen LogP contribution in [-0.2, 0) is 22.6 Å². The number of nitrogens with one attached hydrogen (secondary N) is 2. The molecule has 1 heterocycles. The first kappa shape index (κ1) is 43.5. The fourth-order valence-electron chi connectivity index (χ4n) is 10.00. The molecule has 0 radical (unpaired) electrons. The Balaban J connectivity index is 1.30. The Morgan fingerprint density at radius 3 is 2.40 bits per heavy atom. The van der Waals surface area contributed by atoms with E-state index in [0.29, 0.717) is 48.6 Å². The van der Waals surface area contributed by atoms with E-state index in [1.54, 1.807) is 19.1 Å². The molecule has 3 aliphatic carbocycles. The van der Waals surface area contributed by atoms with Crippen LogP contribution < -0.4 is 20.3 Å². The first-order valence-electron chi connectivity index (χ1n) is 20.8. The average Bonchev–Trinajstić information content (AvgIpc) is 3.57. The van der Waals surface area contributed by atoms with Crippen LogP contribution in [0.4, 0.5) is 5.69 Å². The lowest BCUT2D eigenvalue weighted by atomic mass is 9.45. The minimum Gasteiger partial charge on any atom is -0.496 e. The van der Waals surface area contributed by atoms with Gasteiger partial charge in [0.25, 0.3) is 5.91 Å². The number of carbonyl (C=O) groups is 2. The molecule has 1 saturated heterocycles. The van der Waals surface area contributed by atoms with Crippen LogP contribution in [0.15, 0.2) is 66.7 Å². The molecule has 12 heteroatoms. The van der Waals surface area contributed by atoms with Crippen molar-refractivity contribution in [2.45, 2.75) is 83.8 Å². The third kappa shape index (κ3) is 9.22. The lowest BCUT2D eigenvalue weighted by Crippen LogP contribution is -2.62. The zero-order valence-electron chi connectivity index (χ0n) is 35.5. The standard InChI is InChI=1S/C46H65N5O7/c1-28-38-23-34(46(38,3)4)24-39(28)48-45(56)42-41(29(2)54)40(27-53)58-51(42)25-31-15-12-16-37(43(31)57-8)32-20-33(22-36(21-32)50(7)17-18-52)44(55)47-35(26-49(5)6)19-30-13-10-9-11-14-30/h9-16,20-22,28-29,34-35,38-42,52-54H,17-19,23-27H2,1-8H3,(H,47,55)(H,48,56)/t28-,29-,34+,35-,38-,39?,40-,41+,42-/m0/s1. The lowest BCUT2D eigenvalue weighted by Gasteiger charge is -2.62. The number of hydrogen-bond acceptors (Lipinski definition) is 10. The highest BCUT2D eigenvalue weighted by atomic mass is 16.7. The summed E-state index contributed by atoms with van der Waals surface area (Å²) >= 11 is 0. The summed E-state index contributed by atoms with van der Waals surface area (Å²) in [5, 5.41) is 39.4. The average molecular weight is 800 g/mol. The van der Waals surface area contributed by atoms with Crippen LogP contribution in [0, 0.1) is 29.1 Å². The second-order valence-electron chi connectivity index (χ2n) is 17.8. The Morgan fingerprint density at radius 2 is 1.78 bits per heavy atom. The maximum absolute atomic E-state index is 14.3. The van der Waals surface area contributed by atoms with E-state index in [2.05, 4.69) is 48.4 Å². The number of rotatable bonds is 17. The van der Waals surface area contributed by atoms with Crippen LogP contribution in [-0.4, -0.2) is 122 Å². The second kappa shape index (κ2) is 18.5. The van der Waals surface area contributed by atoms with Gasteiger partial charge in [-0.2, -0.15) is 5.06 Å². The predicted molar refractivity (Wildman–Crippen MR) is 226 cm³/mol. The zero-order valence-corrected chi connectivity index (χ0v) is 35.5. The number of aliphatic hydroxyl groups is 3. The fraction of sp³-hybridized carbons (Fsp3) is 0.565. The van der Waals surface area contributed by atoms with Gasteiger partial charge in [0.15, 0.2) is 0 Å². The van der Waals surface area contributed by atoms with Gasteiger partial charge < -0.3 is 40.5 Å². The maximum Gasteiger partial charge on any atom is 0.251 e. The molecule has 1 unspecified atom stereocenters. The number of anilines is 1. The quantitative estimate of drug-likeness (QED) is 0.134. The fourth-order valence-corrected chi connectivity index (χ4v) is 10.00. The summed E-state index contributed by atoms with van der Waals surface area (Å²) in [6.07, 6.45) is 1.07. The molecule has 58 heavy (non-hydrogen) atoms. The third-order valence-corrected chi connectivity index (χ3v) is 13.3. The lowest BCUT2D eigenvalue weighted by molar-refractivity contribution is -0.183. The Morgan fingerprint density at radius 1 is 1.03 bits per heavy atom. The summed E-state index contributed by atoms with van der Waals surface area (Å²) in [6.45, 7) is 9.27. The number of amides is 2. The molecule has 9 atom stereocenters. The smallest absolute Gasteiger partial charge is 0.251 e. The van der Waals surface area contributed by atoms with E-state index in [-0.39, 0.29) is 49.1 Å². The van der Waals surface area contributed by atoms with E-state index in [9.17, 15) is 24.9 Å². The summed E-state index contributed by atoms with van der Waals surface area (Å²) in [5.41, 5.74) is 4.80. The number of hydrogen-bond donors (Lipinski definition) is 5. The van der Waals surface area contributed by atoms with E-state index in [1.165, 1.54) is 6.42 Å². The monoisotopic (exact) mass is 799 g/mol. The van der Waals surface area contributed by atoms with Gasteiger partial charge >= 0.3 is 0 Å². The topological polar surface area (TPSA) is 147 Å². The second-order valence-corrected chi connectivity index (χ2v) is 17.8. The van der Waals surface area contributed by atoms with Crippen LogP contribution in [0.5, 0.6) is 5.75 Å². The van der Waals surface area contributed by atoms with Gasteiger partial charge in [0, 0.05) is 60.5 Å². The van der Waals surface area contributed by atoms with Crippen LogP contribution >= 0.6 is 0 Å². The Hall–Kier alpha value is -4.04. The van der Waals surface area contributed by atoms with E-state index < -0.39 is 24.2 Å². The van der Waals surface area contributed by atoms with Crippen LogP contribution in [0.2, 0.25) is 0 Å². The maximum atomic E-state index is 14.3. The van der Waals surface area contributed by atoms with Crippen LogP contribution in [0.3, 0.4) is 0 Å². The number of ether oxygens (including phenoxy) is 1. The summed E-state index contributed by atoms with van der Waals surface area (Å²) in [4.78, 5) is 38.7. The first-order chi connectivity index (χ1) is 27.7. The van der Waals surface area contributed by atoms with Crippen molar-refractivity contribution in [1.82, 2.24) is 20.6 Å². The van der Waals surface area contributed by atoms with Crippen molar-refractivity contribution >= 4 is 17.5 Å². The number of likely N-dealkylation sites (N-methyl/N-ethyl adjacent to an activating group) is 2. The highest BCUT2D eigenvalue weighted by Gasteiger charge is 2.57. The van der Waals surface area contributed by atoms with E-state index in [0.717, 1.165) is 34.4 Å². The van der Waals surface area contributed by atoms with Gasteiger partial charge in [-0.25, -0.2) is 0 Å². The molecule has 3 saturated carbocycles. The summed E-state index contributed by atoms with van der Waals surface area (Å²) in [6, 6.07) is 20.5. The van der Waals surface area contributed by atoms with Crippen molar-refractivity contribution in [2.24, 2.45) is 29.1 Å². The Bertz CT molecular complexity index is 1870. The largest absolute Gasteiger partial charge is 0.496 e. The van der Waals surface area contributed by atoms with Crippen molar-refractivity contribution in [3.8, 4) is 16.9 Å². The molecule has 316 valence electrons. The Kier molecular flexibility index (Phi) is 13.9. The van der Waals surface area contributed by atoms with Crippen molar-refractivity contribution < 1.29 is 34.5 Å². The van der Waals surface area contributed by atoms with Crippen molar-refractivity contribution in [3.63, 3.8) is 0 Å². The molecule has 5 N–H and O–H groups in total. The minimum absolute atomic E-state index is 0.0194. The molecule has 7 rings (SSSR count). The van der Waals surface area contributed by atoms with Crippen molar-refractivity contribution in [3.05, 3.63) is 83.4 Å². The van der Waals surface area contributed by atoms with E-state index >= 15 is 0 Å². The molecule has 2 amide bonds. The molecule has 4 aliphatic rings. The molecular formula is C46H65N5O7. The summed E-state index contributed by atoms with van der Waals surface area (Å²) in [7, 11) is 7.44. The number of aliphatic hydroxyl groups excluding tert-OH is 3. The van der Waals surface area contributed by atoms with Gasteiger partial charge in [-0.15, -0.1) is 0 Å². The molecule has 3 aromatic rings. The van der Waals surface area contributed by atoms with Gasteiger partial charge in [0.1, 0.15) is 17.9 Å². The number of fused-ring (bicyclic) bond motifs is 2. The molecule has 4 fully saturated rings. The predicted octanol–water partition coefficient (Wildman–Crippen LogP) is 4.35. The summed E-state index contributed by atoms with van der Waals surface area (Å²) in [5.74, 6) is 0.853. The van der Waals surface area contributed by atoms with Gasteiger partial charge in [-0.05, 0) is 92.8 Å².